The van der Waals surface area contributed by atoms with Crippen molar-refractivity contribution >= 4 is 11.6 Å². The lowest BCUT2D eigenvalue weighted by molar-refractivity contribution is -0.152. The minimum atomic E-state index is -2.95. The Morgan fingerprint density at radius 1 is 1.52 bits per heavy atom. The molecular weight excluding hydrogens is 282 g/mol. The predicted molar refractivity (Wildman–Crippen MR) is 68.6 cm³/mol. The maximum atomic E-state index is 11.9. The van der Waals surface area contributed by atoms with Crippen LogP contribution in [0.4, 0.5) is 8.78 Å². The molecule has 3 rings (SSSR count). The van der Waals surface area contributed by atoms with Gasteiger partial charge in [0.05, 0.1) is 12.2 Å². The summed E-state index contributed by atoms with van der Waals surface area (Å²) in [6, 6.07) is 1.59. The van der Waals surface area contributed by atoms with Crippen LogP contribution in [0.3, 0.4) is 0 Å². The molecule has 1 amide bonds. The van der Waals surface area contributed by atoms with Crippen LogP contribution in [0.25, 0.3) is 5.65 Å². The van der Waals surface area contributed by atoms with Crippen molar-refractivity contribution in [2.24, 2.45) is 5.92 Å². The first kappa shape index (κ1) is 13.9. The van der Waals surface area contributed by atoms with E-state index in [-0.39, 0.29) is 6.04 Å². The van der Waals surface area contributed by atoms with E-state index in [1.165, 1.54) is 0 Å². The molecule has 0 unspecified atom stereocenters. The molecule has 1 atom stereocenters. The summed E-state index contributed by atoms with van der Waals surface area (Å²) in [4.78, 5) is 15.8. The number of ether oxygens (including phenoxy) is 1. The van der Waals surface area contributed by atoms with Gasteiger partial charge in [0.1, 0.15) is 6.61 Å². The lowest BCUT2D eigenvalue weighted by Gasteiger charge is -2.18. The number of nitrogens with zero attached hydrogens (tertiary/aromatic N) is 3. The number of imidazole rings is 1. The number of halogens is 2. The van der Waals surface area contributed by atoms with Crippen molar-refractivity contribution in [1.82, 2.24) is 19.9 Å². The second-order valence-corrected chi connectivity index (χ2v) is 4.97. The van der Waals surface area contributed by atoms with Crippen LogP contribution in [0.15, 0.2) is 24.7 Å². The lowest BCUT2D eigenvalue weighted by Crippen LogP contribution is -2.33. The highest BCUT2D eigenvalue weighted by atomic mass is 19.3. The number of hydrogen-bond donors (Lipinski definition) is 1. The molecule has 21 heavy (non-hydrogen) atoms. The average Bonchev–Trinajstić information content (AvgIpc) is 3.19. The topological polar surface area (TPSA) is 68.5 Å². The minimum absolute atomic E-state index is 0.243. The Hall–Kier alpha value is -2.09. The number of hydrogen-bond acceptors (Lipinski definition) is 4. The highest BCUT2D eigenvalue weighted by molar-refractivity contribution is 5.77. The molecule has 6 nitrogen and oxygen atoms in total. The van der Waals surface area contributed by atoms with Crippen molar-refractivity contribution in [3.63, 3.8) is 0 Å². The molecule has 0 spiro atoms. The lowest BCUT2D eigenvalue weighted by atomic mass is 10.1. The summed E-state index contributed by atoms with van der Waals surface area (Å²) in [5.41, 5.74) is 1.50. The summed E-state index contributed by atoms with van der Waals surface area (Å²) in [6.45, 7) is -3.60. The van der Waals surface area contributed by atoms with Crippen molar-refractivity contribution in [3.8, 4) is 0 Å². The Bertz CT molecular complexity index is 642. The predicted octanol–water partition coefficient (Wildman–Crippen LogP) is 1.54. The number of fused-ring (bicyclic) bond motifs is 1. The van der Waals surface area contributed by atoms with Crippen molar-refractivity contribution in [1.29, 1.82) is 0 Å². The summed E-state index contributed by atoms with van der Waals surface area (Å²) >= 11 is 0. The number of aromatic nitrogens is 3. The molecule has 112 valence electrons. The Kier molecular flexibility index (Phi) is 3.78. The largest absolute Gasteiger partial charge is 0.347 e. The summed E-state index contributed by atoms with van der Waals surface area (Å²) in [5.74, 6) is -0.255. The van der Waals surface area contributed by atoms with Gasteiger partial charge in [-0.3, -0.25) is 4.79 Å². The molecule has 2 aromatic rings. The average molecular weight is 296 g/mol. The first-order valence-corrected chi connectivity index (χ1v) is 6.62. The SMILES string of the molecule is O=C(COC(F)F)N[C@@H](c1cnn2ccnc2c1)C1CC1. The van der Waals surface area contributed by atoms with Crippen molar-refractivity contribution in [2.45, 2.75) is 25.5 Å². The van der Waals surface area contributed by atoms with Crippen LogP contribution >= 0.6 is 0 Å². The van der Waals surface area contributed by atoms with Crippen LogP contribution in [0.5, 0.6) is 0 Å². The maximum absolute atomic E-state index is 11.9. The highest BCUT2D eigenvalue weighted by Crippen LogP contribution is 2.40. The standard InChI is InChI=1S/C13H14F2N4O2/c14-13(15)21-7-11(20)18-12(8-1-2-8)9-5-10-16-3-4-19(10)17-6-9/h3-6,8,12-13H,1-2,7H2,(H,18,20)/t12-/m1/s1. The van der Waals surface area contributed by atoms with E-state index in [0.29, 0.717) is 11.6 Å². The third kappa shape index (κ3) is 3.33. The van der Waals surface area contributed by atoms with Crippen LogP contribution in [-0.2, 0) is 9.53 Å². The molecule has 1 N–H and O–H groups in total. The zero-order chi connectivity index (χ0) is 14.8. The van der Waals surface area contributed by atoms with Crippen molar-refractivity contribution in [3.05, 3.63) is 30.2 Å². The van der Waals surface area contributed by atoms with E-state index < -0.39 is 19.1 Å². The van der Waals surface area contributed by atoms with E-state index in [2.05, 4.69) is 20.1 Å². The first-order chi connectivity index (χ1) is 10.1. The van der Waals surface area contributed by atoms with Gasteiger partial charge >= 0.3 is 6.61 Å². The van der Waals surface area contributed by atoms with Gasteiger partial charge in [-0.05, 0) is 30.4 Å². The number of nitrogens with one attached hydrogen (secondary N) is 1. The summed E-state index contributed by atoms with van der Waals surface area (Å²) < 4.78 is 29.5. The quantitative estimate of drug-likeness (QED) is 0.878. The van der Waals surface area contributed by atoms with Crippen LogP contribution in [0.1, 0.15) is 24.4 Å². The number of alkyl halides is 2. The van der Waals surface area contributed by atoms with Crippen molar-refractivity contribution in [2.75, 3.05) is 6.61 Å². The molecule has 0 saturated heterocycles. The second kappa shape index (κ2) is 5.72. The number of carbonyl (C=O) groups excluding carboxylic acids is 1. The molecule has 8 heteroatoms. The molecule has 1 fully saturated rings. The Labute approximate surface area is 119 Å². The zero-order valence-corrected chi connectivity index (χ0v) is 11.1. The first-order valence-electron chi connectivity index (χ1n) is 6.62. The fourth-order valence-corrected chi connectivity index (χ4v) is 2.25. The van der Waals surface area contributed by atoms with E-state index in [1.807, 2.05) is 6.07 Å². The molecular formula is C13H14F2N4O2. The fraction of sp³-hybridized carbons (Fsp3) is 0.462. The van der Waals surface area contributed by atoms with E-state index >= 15 is 0 Å². The molecule has 0 radical (unpaired) electrons. The Morgan fingerprint density at radius 2 is 2.33 bits per heavy atom. The zero-order valence-electron chi connectivity index (χ0n) is 11.1. The Morgan fingerprint density at radius 3 is 3.05 bits per heavy atom. The van der Waals surface area contributed by atoms with E-state index in [9.17, 15) is 13.6 Å². The Balaban J connectivity index is 1.73. The number of amides is 1. The maximum Gasteiger partial charge on any atom is 0.345 e. The fourth-order valence-electron chi connectivity index (χ4n) is 2.25. The minimum Gasteiger partial charge on any atom is -0.347 e. The van der Waals surface area contributed by atoms with Gasteiger partial charge in [0, 0.05) is 12.4 Å². The van der Waals surface area contributed by atoms with Crippen LogP contribution in [-0.4, -0.2) is 33.7 Å². The van der Waals surface area contributed by atoms with Gasteiger partial charge in [-0.25, -0.2) is 9.50 Å². The van der Waals surface area contributed by atoms with Gasteiger partial charge in [-0.1, -0.05) is 0 Å². The van der Waals surface area contributed by atoms with Gasteiger partial charge in [-0.15, -0.1) is 0 Å². The smallest absolute Gasteiger partial charge is 0.345 e. The monoisotopic (exact) mass is 296 g/mol. The van der Waals surface area contributed by atoms with Gasteiger partial charge in [0.2, 0.25) is 5.91 Å². The van der Waals surface area contributed by atoms with E-state index in [1.54, 1.807) is 23.1 Å². The van der Waals surface area contributed by atoms with Crippen molar-refractivity contribution < 1.29 is 18.3 Å². The summed E-state index contributed by atoms with van der Waals surface area (Å²) in [5, 5.41) is 6.94. The van der Waals surface area contributed by atoms with Crippen LogP contribution in [0.2, 0.25) is 0 Å². The van der Waals surface area contributed by atoms with Gasteiger partial charge in [-0.2, -0.15) is 13.9 Å². The third-order valence-electron chi connectivity index (χ3n) is 3.39. The molecule has 2 heterocycles. The van der Waals surface area contributed by atoms with E-state index in [4.69, 9.17) is 0 Å². The molecule has 1 aliphatic rings. The molecule has 1 aliphatic carbocycles. The number of carbonyl (C=O) groups is 1. The normalized spacial score (nSPS) is 16.3. The number of rotatable bonds is 6. The molecule has 0 aliphatic heterocycles. The molecule has 1 saturated carbocycles. The van der Waals surface area contributed by atoms with Crippen LogP contribution in [0, 0.1) is 5.92 Å². The van der Waals surface area contributed by atoms with Crippen LogP contribution < -0.4 is 5.32 Å². The second-order valence-electron chi connectivity index (χ2n) is 4.97. The molecule has 0 bridgehead atoms. The van der Waals surface area contributed by atoms with Gasteiger partial charge < -0.3 is 10.1 Å². The van der Waals surface area contributed by atoms with E-state index in [0.717, 1.165) is 18.4 Å². The van der Waals surface area contributed by atoms with Gasteiger partial charge in [0.25, 0.3) is 0 Å². The summed E-state index contributed by atoms with van der Waals surface area (Å²) in [6.07, 6.45) is 6.99. The third-order valence-corrected chi connectivity index (χ3v) is 3.39. The summed E-state index contributed by atoms with van der Waals surface area (Å²) in [7, 11) is 0. The highest BCUT2D eigenvalue weighted by Gasteiger charge is 2.34. The molecule has 2 aromatic heterocycles. The van der Waals surface area contributed by atoms with Gasteiger partial charge in [0.15, 0.2) is 5.65 Å². The molecule has 0 aromatic carbocycles.